The molecule has 2 saturated heterocycles. The fourth-order valence-electron chi connectivity index (χ4n) is 3.14. The van der Waals surface area contributed by atoms with Gasteiger partial charge in [-0.05, 0) is 6.42 Å². The van der Waals surface area contributed by atoms with Crippen LogP contribution in [0.5, 0.6) is 0 Å². The summed E-state index contributed by atoms with van der Waals surface area (Å²) in [6.07, 6.45) is 1.09. The highest BCUT2D eigenvalue weighted by Gasteiger charge is 2.20. The van der Waals surface area contributed by atoms with Crippen LogP contribution in [0, 0.1) is 0 Å². The van der Waals surface area contributed by atoms with Crippen LogP contribution in [0.15, 0.2) is 6.07 Å². The molecule has 8 nitrogen and oxygen atoms in total. The molecule has 2 fully saturated rings. The maximum atomic E-state index is 5.97. The zero-order valence-corrected chi connectivity index (χ0v) is 14.4. The number of aromatic nitrogens is 2. The topological polar surface area (TPSA) is 88.8 Å². The smallest absolute Gasteiger partial charge is 0.229 e. The third-order valence-corrected chi connectivity index (χ3v) is 4.58. The molecule has 2 aliphatic heterocycles. The molecule has 0 amide bonds. The standard InChI is InChI=1S/C16H28N6O2/c1-2-13(21-3-7-23-8-4-21)12-18-15-11-14(17)19-16(20-15)22-5-9-24-10-6-22/h11,13H,2-10,12H2,1H3,(H3,17,18,19,20). The minimum atomic E-state index is 0.469. The largest absolute Gasteiger partial charge is 0.383 e. The second kappa shape index (κ2) is 8.46. The highest BCUT2D eigenvalue weighted by atomic mass is 16.5. The number of nitrogens with two attached hydrogens (primary N) is 1. The van der Waals surface area contributed by atoms with Crippen LogP contribution in [-0.4, -0.2) is 80.1 Å². The molecule has 134 valence electrons. The quantitative estimate of drug-likeness (QED) is 0.773. The van der Waals surface area contributed by atoms with Crippen LogP contribution in [0.1, 0.15) is 13.3 Å². The van der Waals surface area contributed by atoms with Crippen molar-refractivity contribution < 1.29 is 9.47 Å². The van der Waals surface area contributed by atoms with Gasteiger partial charge in [0.25, 0.3) is 0 Å². The average Bonchev–Trinajstić information content (AvgIpc) is 2.63. The Morgan fingerprint density at radius 3 is 2.46 bits per heavy atom. The Hall–Kier alpha value is -1.64. The molecular formula is C16H28N6O2. The van der Waals surface area contributed by atoms with Gasteiger partial charge in [-0.25, -0.2) is 0 Å². The predicted molar refractivity (Wildman–Crippen MR) is 94.4 cm³/mol. The predicted octanol–water partition coefficient (Wildman–Crippen LogP) is 0.418. The van der Waals surface area contributed by atoms with Crippen molar-refractivity contribution in [3.8, 4) is 0 Å². The highest BCUT2D eigenvalue weighted by molar-refractivity contribution is 5.51. The minimum absolute atomic E-state index is 0.469. The van der Waals surface area contributed by atoms with E-state index in [0.717, 1.165) is 58.2 Å². The number of anilines is 3. The van der Waals surface area contributed by atoms with Gasteiger partial charge >= 0.3 is 0 Å². The first-order valence-corrected chi connectivity index (χ1v) is 8.79. The van der Waals surface area contributed by atoms with Crippen molar-refractivity contribution in [3.63, 3.8) is 0 Å². The number of nitrogens with zero attached hydrogens (tertiary/aromatic N) is 4. The van der Waals surface area contributed by atoms with Crippen molar-refractivity contribution in [1.29, 1.82) is 0 Å². The average molecular weight is 336 g/mol. The van der Waals surface area contributed by atoms with Crippen molar-refractivity contribution in [2.75, 3.05) is 75.1 Å². The van der Waals surface area contributed by atoms with Gasteiger partial charge in [0.1, 0.15) is 11.6 Å². The fourth-order valence-corrected chi connectivity index (χ4v) is 3.14. The van der Waals surface area contributed by atoms with E-state index in [0.29, 0.717) is 31.0 Å². The molecule has 0 spiro atoms. The summed E-state index contributed by atoms with van der Waals surface area (Å²) in [5.74, 6) is 1.96. The van der Waals surface area contributed by atoms with E-state index < -0.39 is 0 Å². The molecule has 0 saturated carbocycles. The molecule has 1 aromatic heterocycles. The first-order chi connectivity index (χ1) is 11.8. The van der Waals surface area contributed by atoms with Crippen molar-refractivity contribution >= 4 is 17.6 Å². The molecule has 8 heteroatoms. The van der Waals surface area contributed by atoms with E-state index in [9.17, 15) is 0 Å². The van der Waals surface area contributed by atoms with E-state index in [1.807, 2.05) is 0 Å². The van der Waals surface area contributed by atoms with E-state index in [-0.39, 0.29) is 0 Å². The number of morpholine rings is 2. The third kappa shape index (κ3) is 4.46. The summed E-state index contributed by atoms with van der Waals surface area (Å²) < 4.78 is 10.8. The van der Waals surface area contributed by atoms with Gasteiger partial charge in [-0.15, -0.1) is 0 Å². The molecule has 3 N–H and O–H groups in total. The van der Waals surface area contributed by atoms with Gasteiger partial charge in [0.2, 0.25) is 5.95 Å². The van der Waals surface area contributed by atoms with Crippen molar-refractivity contribution in [2.45, 2.75) is 19.4 Å². The van der Waals surface area contributed by atoms with Crippen LogP contribution in [-0.2, 0) is 9.47 Å². The zero-order chi connectivity index (χ0) is 16.8. The lowest BCUT2D eigenvalue weighted by Gasteiger charge is -2.34. The summed E-state index contributed by atoms with van der Waals surface area (Å²) in [6, 6.07) is 2.27. The lowest BCUT2D eigenvalue weighted by molar-refractivity contribution is 0.0184. The maximum Gasteiger partial charge on any atom is 0.229 e. The number of nitrogens with one attached hydrogen (secondary N) is 1. The SMILES string of the molecule is CCC(CNc1cc(N)nc(N2CCOCC2)n1)N1CCOCC1. The lowest BCUT2D eigenvalue weighted by atomic mass is 10.1. The number of rotatable bonds is 6. The van der Waals surface area contributed by atoms with E-state index >= 15 is 0 Å². The lowest BCUT2D eigenvalue weighted by Crippen LogP contribution is -2.46. The summed E-state index contributed by atoms with van der Waals surface area (Å²) in [5.41, 5.74) is 5.97. The normalized spacial score (nSPS) is 20.8. The molecular weight excluding hydrogens is 308 g/mol. The molecule has 3 rings (SSSR count). The van der Waals surface area contributed by atoms with E-state index in [2.05, 4.69) is 32.0 Å². The first-order valence-electron chi connectivity index (χ1n) is 8.79. The molecule has 0 aliphatic carbocycles. The van der Waals surface area contributed by atoms with Crippen LogP contribution in [0.3, 0.4) is 0 Å². The Morgan fingerprint density at radius 1 is 1.12 bits per heavy atom. The van der Waals surface area contributed by atoms with Gasteiger partial charge in [-0.2, -0.15) is 9.97 Å². The van der Waals surface area contributed by atoms with Crippen LogP contribution >= 0.6 is 0 Å². The molecule has 0 aromatic carbocycles. The van der Waals surface area contributed by atoms with Crippen molar-refractivity contribution in [1.82, 2.24) is 14.9 Å². The number of hydrogen-bond donors (Lipinski definition) is 2. The van der Waals surface area contributed by atoms with Gasteiger partial charge in [0.05, 0.1) is 26.4 Å². The molecule has 3 heterocycles. The Balaban J connectivity index is 1.62. The van der Waals surface area contributed by atoms with Gasteiger partial charge in [0.15, 0.2) is 0 Å². The molecule has 24 heavy (non-hydrogen) atoms. The summed E-state index contributed by atoms with van der Waals surface area (Å²) in [6.45, 7) is 9.69. The molecule has 0 radical (unpaired) electrons. The van der Waals surface area contributed by atoms with E-state index in [4.69, 9.17) is 15.2 Å². The molecule has 2 aliphatic rings. The van der Waals surface area contributed by atoms with Crippen molar-refractivity contribution in [3.05, 3.63) is 6.07 Å². The van der Waals surface area contributed by atoms with Gasteiger partial charge in [0, 0.05) is 44.8 Å². The summed E-state index contributed by atoms with van der Waals surface area (Å²) in [7, 11) is 0. The summed E-state index contributed by atoms with van der Waals surface area (Å²) in [5, 5.41) is 3.44. The van der Waals surface area contributed by atoms with Gasteiger partial charge in [-0.3, -0.25) is 4.90 Å². The number of nitrogen functional groups attached to an aromatic ring is 1. The Morgan fingerprint density at radius 2 is 1.79 bits per heavy atom. The minimum Gasteiger partial charge on any atom is -0.383 e. The first kappa shape index (κ1) is 17.2. The molecule has 1 aromatic rings. The monoisotopic (exact) mass is 336 g/mol. The van der Waals surface area contributed by atoms with E-state index in [1.165, 1.54) is 0 Å². The Bertz CT molecular complexity index is 517. The molecule has 1 atom stereocenters. The van der Waals surface area contributed by atoms with Crippen molar-refractivity contribution in [2.24, 2.45) is 0 Å². The Labute approximate surface area is 143 Å². The second-order valence-electron chi connectivity index (χ2n) is 6.17. The van der Waals surface area contributed by atoms with Crippen LogP contribution in [0.25, 0.3) is 0 Å². The highest BCUT2D eigenvalue weighted by Crippen LogP contribution is 2.17. The molecule has 1 unspecified atom stereocenters. The van der Waals surface area contributed by atoms with Crippen LogP contribution in [0.4, 0.5) is 17.6 Å². The van der Waals surface area contributed by atoms with Crippen LogP contribution < -0.4 is 16.0 Å². The summed E-state index contributed by atoms with van der Waals surface area (Å²) in [4.78, 5) is 13.6. The van der Waals surface area contributed by atoms with Crippen LogP contribution in [0.2, 0.25) is 0 Å². The van der Waals surface area contributed by atoms with Gasteiger partial charge in [-0.1, -0.05) is 6.92 Å². The maximum absolute atomic E-state index is 5.97. The van der Waals surface area contributed by atoms with Gasteiger partial charge < -0.3 is 25.4 Å². The molecule has 0 bridgehead atoms. The summed E-state index contributed by atoms with van der Waals surface area (Å²) >= 11 is 0. The number of ether oxygens (including phenoxy) is 2. The van der Waals surface area contributed by atoms with E-state index in [1.54, 1.807) is 6.07 Å². The number of hydrogen-bond acceptors (Lipinski definition) is 8. The fraction of sp³-hybridized carbons (Fsp3) is 0.750. The second-order valence-corrected chi connectivity index (χ2v) is 6.17. The Kier molecular flexibility index (Phi) is 6.06. The third-order valence-electron chi connectivity index (χ3n) is 4.58. The zero-order valence-electron chi connectivity index (χ0n) is 14.4.